The predicted molar refractivity (Wildman–Crippen MR) is 80.3 cm³/mol. The molecule has 0 spiro atoms. The van der Waals surface area contributed by atoms with Crippen LogP contribution in [-0.2, 0) is 16.1 Å². The van der Waals surface area contributed by atoms with Gasteiger partial charge in [-0.3, -0.25) is 0 Å². The monoisotopic (exact) mass is 312 g/mol. The lowest BCUT2D eigenvalue weighted by molar-refractivity contribution is -0.0380. The first-order valence-corrected chi connectivity index (χ1v) is 8.06. The van der Waals surface area contributed by atoms with E-state index in [1.807, 2.05) is 11.4 Å². The molecule has 0 bridgehead atoms. The van der Waals surface area contributed by atoms with Crippen LogP contribution >= 0.6 is 22.9 Å². The predicted octanol–water partition coefficient (Wildman–Crippen LogP) is 3.82. The molecule has 1 aliphatic carbocycles. The average molecular weight is 313 g/mol. The summed E-state index contributed by atoms with van der Waals surface area (Å²) in [6, 6.07) is 1.94. The van der Waals surface area contributed by atoms with E-state index in [0.717, 1.165) is 35.9 Å². The van der Waals surface area contributed by atoms with Crippen molar-refractivity contribution in [1.29, 1.82) is 0 Å². The van der Waals surface area contributed by atoms with E-state index in [9.17, 15) is 0 Å². The molecule has 0 saturated heterocycles. The van der Waals surface area contributed by atoms with E-state index in [1.165, 1.54) is 0 Å². The summed E-state index contributed by atoms with van der Waals surface area (Å²) in [6.45, 7) is 0.411. The minimum Gasteiger partial charge on any atom is -0.381 e. The Labute approximate surface area is 127 Å². The quantitative estimate of drug-likeness (QED) is 0.805. The molecule has 1 saturated carbocycles. The van der Waals surface area contributed by atoms with Crippen molar-refractivity contribution in [3.05, 3.63) is 22.4 Å². The number of halogens is 1. The number of rotatable bonds is 4. The first-order chi connectivity index (χ1) is 9.76. The van der Waals surface area contributed by atoms with Gasteiger partial charge in [0.25, 0.3) is 0 Å². The molecule has 20 heavy (non-hydrogen) atoms. The Bertz CT molecular complexity index is 590. The van der Waals surface area contributed by atoms with Crippen molar-refractivity contribution in [2.45, 2.75) is 44.5 Å². The van der Waals surface area contributed by atoms with E-state index in [1.54, 1.807) is 18.4 Å². The molecule has 6 heteroatoms. The Hall–Kier alpha value is -0.750. The molecule has 4 nitrogen and oxygen atoms in total. The van der Waals surface area contributed by atoms with Gasteiger partial charge in [-0.25, -0.2) is 9.97 Å². The highest BCUT2D eigenvalue weighted by Gasteiger charge is 2.22. The molecule has 0 radical (unpaired) electrons. The maximum Gasteiger partial charge on any atom is 0.157 e. The Balaban J connectivity index is 1.64. The second kappa shape index (κ2) is 6.35. The van der Waals surface area contributed by atoms with E-state index in [-0.39, 0.29) is 6.10 Å². The lowest BCUT2D eigenvalue weighted by Crippen LogP contribution is -2.27. The standard InChI is InChI=1S/C14H17ClN2O2S/c1-18-9-3-2-4-10(7-9)19-8-12-16-13(15)11-5-6-20-14(11)17-12/h5-6,9-10H,2-4,7-8H2,1H3. The molecule has 2 heterocycles. The van der Waals surface area contributed by atoms with E-state index in [2.05, 4.69) is 9.97 Å². The smallest absolute Gasteiger partial charge is 0.157 e. The first kappa shape index (κ1) is 14.2. The number of fused-ring (bicyclic) bond motifs is 1. The van der Waals surface area contributed by atoms with E-state index >= 15 is 0 Å². The number of hydrogen-bond acceptors (Lipinski definition) is 5. The van der Waals surface area contributed by atoms with Crippen LogP contribution in [0.2, 0.25) is 5.15 Å². The average Bonchev–Trinajstić information content (AvgIpc) is 2.94. The lowest BCUT2D eigenvalue weighted by atomic mass is 9.95. The van der Waals surface area contributed by atoms with Crippen LogP contribution in [0.4, 0.5) is 0 Å². The van der Waals surface area contributed by atoms with Gasteiger partial charge in [-0.05, 0) is 37.1 Å². The number of aromatic nitrogens is 2. The maximum atomic E-state index is 6.15. The lowest BCUT2D eigenvalue weighted by Gasteiger charge is -2.27. The summed E-state index contributed by atoms with van der Waals surface area (Å²) >= 11 is 7.72. The van der Waals surface area contributed by atoms with E-state index in [4.69, 9.17) is 21.1 Å². The number of hydrogen-bond donors (Lipinski definition) is 0. The summed E-state index contributed by atoms with van der Waals surface area (Å²) in [6.07, 6.45) is 4.85. The fraction of sp³-hybridized carbons (Fsp3) is 0.571. The molecule has 0 N–H and O–H groups in total. The molecular weight excluding hydrogens is 296 g/mol. The Kier molecular flexibility index (Phi) is 4.51. The molecule has 0 aliphatic heterocycles. The molecule has 1 fully saturated rings. The van der Waals surface area contributed by atoms with Crippen molar-refractivity contribution >= 4 is 33.2 Å². The number of thiophene rings is 1. The van der Waals surface area contributed by atoms with Gasteiger partial charge in [-0.1, -0.05) is 11.6 Å². The van der Waals surface area contributed by atoms with Crippen LogP contribution in [0.5, 0.6) is 0 Å². The fourth-order valence-corrected chi connectivity index (χ4v) is 3.67. The van der Waals surface area contributed by atoms with Gasteiger partial charge in [-0.15, -0.1) is 11.3 Å². The van der Waals surface area contributed by atoms with Crippen molar-refractivity contribution in [3.8, 4) is 0 Å². The maximum absolute atomic E-state index is 6.15. The van der Waals surface area contributed by atoms with Gasteiger partial charge in [-0.2, -0.15) is 0 Å². The van der Waals surface area contributed by atoms with Gasteiger partial charge in [0.2, 0.25) is 0 Å². The topological polar surface area (TPSA) is 44.2 Å². The van der Waals surface area contributed by atoms with Crippen molar-refractivity contribution < 1.29 is 9.47 Å². The van der Waals surface area contributed by atoms with Crippen molar-refractivity contribution in [2.24, 2.45) is 0 Å². The third-order valence-electron chi connectivity index (χ3n) is 3.68. The number of nitrogens with zero attached hydrogens (tertiary/aromatic N) is 2. The normalized spacial score (nSPS) is 23.3. The van der Waals surface area contributed by atoms with Crippen LogP contribution in [0.15, 0.2) is 11.4 Å². The molecular formula is C14H17ClN2O2S. The highest BCUT2D eigenvalue weighted by Crippen LogP contribution is 2.26. The first-order valence-electron chi connectivity index (χ1n) is 6.80. The Morgan fingerprint density at radius 3 is 3.05 bits per heavy atom. The van der Waals surface area contributed by atoms with Crippen molar-refractivity contribution in [1.82, 2.24) is 9.97 Å². The zero-order chi connectivity index (χ0) is 13.9. The van der Waals surface area contributed by atoms with Crippen LogP contribution < -0.4 is 0 Å². The van der Waals surface area contributed by atoms with Gasteiger partial charge < -0.3 is 9.47 Å². The van der Waals surface area contributed by atoms with Gasteiger partial charge in [0, 0.05) is 12.5 Å². The fourth-order valence-electron chi connectivity index (χ4n) is 2.59. The van der Waals surface area contributed by atoms with Crippen molar-refractivity contribution in [3.63, 3.8) is 0 Å². The van der Waals surface area contributed by atoms with Crippen LogP contribution in [0.1, 0.15) is 31.5 Å². The van der Waals surface area contributed by atoms with Gasteiger partial charge in [0.15, 0.2) is 5.82 Å². The molecule has 1 aliphatic rings. The molecule has 2 aromatic heterocycles. The summed E-state index contributed by atoms with van der Waals surface area (Å²) in [4.78, 5) is 9.71. The van der Waals surface area contributed by atoms with Crippen LogP contribution in [0.3, 0.4) is 0 Å². The zero-order valence-corrected chi connectivity index (χ0v) is 12.9. The Morgan fingerprint density at radius 2 is 2.20 bits per heavy atom. The summed E-state index contributed by atoms with van der Waals surface area (Å²) in [5.41, 5.74) is 0. The van der Waals surface area contributed by atoms with Crippen molar-refractivity contribution in [2.75, 3.05) is 7.11 Å². The summed E-state index contributed by atoms with van der Waals surface area (Å²) in [5, 5.41) is 3.39. The summed E-state index contributed by atoms with van der Waals surface area (Å²) in [7, 11) is 1.76. The minimum absolute atomic E-state index is 0.232. The molecule has 2 aromatic rings. The second-order valence-electron chi connectivity index (χ2n) is 5.03. The SMILES string of the molecule is COC1CCCC(OCc2nc(Cl)c3ccsc3n2)C1. The molecule has 0 aromatic carbocycles. The van der Waals surface area contributed by atoms with E-state index < -0.39 is 0 Å². The summed E-state index contributed by atoms with van der Waals surface area (Å²) < 4.78 is 11.3. The van der Waals surface area contributed by atoms with Gasteiger partial charge in [0.05, 0.1) is 12.2 Å². The third kappa shape index (κ3) is 3.11. The van der Waals surface area contributed by atoms with Gasteiger partial charge >= 0.3 is 0 Å². The zero-order valence-electron chi connectivity index (χ0n) is 11.3. The molecule has 108 valence electrons. The summed E-state index contributed by atoms with van der Waals surface area (Å²) in [5.74, 6) is 0.657. The third-order valence-corrected chi connectivity index (χ3v) is 4.78. The van der Waals surface area contributed by atoms with E-state index in [0.29, 0.717) is 23.7 Å². The largest absolute Gasteiger partial charge is 0.381 e. The molecule has 2 unspecified atom stereocenters. The Morgan fingerprint density at radius 1 is 1.35 bits per heavy atom. The minimum atomic E-state index is 0.232. The van der Waals surface area contributed by atoms with Gasteiger partial charge in [0.1, 0.15) is 16.6 Å². The van der Waals surface area contributed by atoms with Crippen LogP contribution in [-0.4, -0.2) is 29.3 Å². The highest BCUT2D eigenvalue weighted by molar-refractivity contribution is 7.16. The molecule has 2 atom stereocenters. The van der Waals surface area contributed by atoms with Crippen LogP contribution in [0.25, 0.3) is 10.2 Å². The highest BCUT2D eigenvalue weighted by atomic mass is 35.5. The molecule has 0 amide bonds. The second-order valence-corrected chi connectivity index (χ2v) is 6.28. The number of methoxy groups -OCH3 is 1. The number of ether oxygens (including phenoxy) is 2. The molecule has 3 rings (SSSR count). The van der Waals surface area contributed by atoms with Crippen LogP contribution in [0, 0.1) is 0 Å².